The van der Waals surface area contributed by atoms with Gasteiger partial charge in [-0.15, -0.1) is 0 Å². The molecular weight excluding hydrogens is 214 g/mol. The average Bonchev–Trinajstić information content (AvgIpc) is 2.35. The Hall–Kier alpha value is -1.55. The van der Waals surface area contributed by atoms with Crippen LogP contribution in [0.5, 0.6) is 0 Å². The number of likely N-dealkylation sites (N-methyl/N-ethyl adjacent to an activating group) is 1. The average molecular weight is 233 g/mol. The third kappa shape index (κ3) is 2.26. The summed E-state index contributed by atoms with van der Waals surface area (Å²) in [7, 11) is 1.82. The summed E-state index contributed by atoms with van der Waals surface area (Å²) in [6.45, 7) is 4.01. The fraction of sp³-hybridized carbons (Fsp3) is 0.462. The number of nitrogens with zero attached hydrogens (tertiary/aromatic N) is 2. The number of fused-ring (bicyclic) bond motifs is 1. The van der Waals surface area contributed by atoms with Gasteiger partial charge in [-0.05, 0) is 24.6 Å². The molecule has 2 N–H and O–H groups in total. The van der Waals surface area contributed by atoms with Crippen LogP contribution in [0.15, 0.2) is 24.3 Å². The van der Waals surface area contributed by atoms with Crippen LogP contribution in [0.4, 0.5) is 11.4 Å². The fourth-order valence-electron chi connectivity index (χ4n) is 2.12. The number of hydrogen-bond donors (Lipinski definition) is 1. The molecule has 4 heteroatoms. The minimum atomic E-state index is 0.132. The second-order valence-corrected chi connectivity index (χ2v) is 4.66. The molecule has 0 aromatic heterocycles. The summed E-state index contributed by atoms with van der Waals surface area (Å²) in [5.74, 6) is 0.521. The molecule has 1 aromatic carbocycles. The first-order chi connectivity index (χ1) is 8.13. The molecule has 0 saturated carbocycles. The van der Waals surface area contributed by atoms with Gasteiger partial charge in [0.1, 0.15) is 0 Å². The van der Waals surface area contributed by atoms with Crippen molar-refractivity contribution in [2.24, 2.45) is 11.7 Å². The number of anilines is 2. The molecule has 1 amide bonds. The maximum Gasteiger partial charge on any atom is 0.246 e. The van der Waals surface area contributed by atoms with Crippen LogP contribution in [0.3, 0.4) is 0 Å². The van der Waals surface area contributed by atoms with Gasteiger partial charge in [0.25, 0.3) is 0 Å². The number of nitrogens with two attached hydrogens (primary N) is 1. The number of carbonyl (C=O) groups excluding carboxylic acids is 1. The van der Waals surface area contributed by atoms with E-state index in [9.17, 15) is 4.79 Å². The summed E-state index contributed by atoms with van der Waals surface area (Å²) in [6, 6.07) is 8.00. The van der Waals surface area contributed by atoms with Gasteiger partial charge >= 0.3 is 0 Å². The predicted molar refractivity (Wildman–Crippen MR) is 70.3 cm³/mol. The fourth-order valence-corrected chi connectivity index (χ4v) is 2.12. The van der Waals surface area contributed by atoms with E-state index in [1.807, 2.05) is 25.2 Å². The van der Waals surface area contributed by atoms with Crippen LogP contribution >= 0.6 is 0 Å². The summed E-state index contributed by atoms with van der Waals surface area (Å²) in [4.78, 5) is 15.7. The number of para-hydroxylation sites is 2. The van der Waals surface area contributed by atoms with E-state index in [1.54, 1.807) is 4.90 Å². The molecule has 92 valence electrons. The van der Waals surface area contributed by atoms with Gasteiger partial charge in [-0.3, -0.25) is 4.79 Å². The SMILES string of the molecule is CC(CN)CN1CC(=O)N(C)c2ccccc21. The van der Waals surface area contributed by atoms with E-state index in [-0.39, 0.29) is 5.91 Å². The summed E-state index contributed by atoms with van der Waals surface area (Å²) >= 11 is 0. The molecule has 0 bridgehead atoms. The highest BCUT2D eigenvalue weighted by atomic mass is 16.2. The van der Waals surface area contributed by atoms with E-state index in [0.717, 1.165) is 17.9 Å². The largest absolute Gasteiger partial charge is 0.360 e. The molecule has 1 aliphatic rings. The standard InChI is InChI=1S/C13H19N3O/c1-10(7-14)8-16-9-13(17)15(2)11-5-3-4-6-12(11)16/h3-6,10H,7-9,14H2,1-2H3. The zero-order valence-electron chi connectivity index (χ0n) is 10.4. The lowest BCUT2D eigenvalue weighted by Crippen LogP contribution is -2.46. The maximum atomic E-state index is 11.9. The van der Waals surface area contributed by atoms with Crippen LogP contribution in [-0.2, 0) is 4.79 Å². The molecule has 17 heavy (non-hydrogen) atoms. The van der Waals surface area contributed by atoms with Crippen molar-refractivity contribution >= 4 is 17.3 Å². The Morgan fingerprint density at radius 2 is 2.00 bits per heavy atom. The van der Waals surface area contributed by atoms with Crippen LogP contribution in [0, 0.1) is 5.92 Å². The highest BCUT2D eigenvalue weighted by molar-refractivity contribution is 6.02. The van der Waals surface area contributed by atoms with Crippen LogP contribution in [0.25, 0.3) is 0 Å². The number of hydrogen-bond acceptors (Lipinski definition) is 3. The highest BCUT2D eigenvalue weighted by Gasteiger charge is 2.26. The molecule has 1 aromatic rings. The topological polar surface area (TPSA) is 49.6 Å². The van der Waals surface area contributed by atoms with E-state index >= 15 is 0 Å². The second-order valence-electron chi connectivity index (χ2n) is 4.66. The lowest BCUT2D eigenvalue weighted by atomic mass is 10.1. The van der Waals surface area contributed by atoms with E-state index in [2.05, 4.69) is 17.9 Å². The Morgan fingerprint density at radius 1 is 1.35 bits per heavy atom. The molecule has 4 nitrogen and oxygen atoms in total. The molecule has 0 saturated heterocycles. The van der Waals surface area contributed by atoms with Crippen LogP contribution in [-0.4, -0.2) is 32.6 Å². The Labute approximate surface area is 102 Å². The minimum absolute atomic E-state index is 0.132. The zero-order valence-corrected chi connectivity index (χ0v) is 10.4. The van der Waals surface area contributed by atoms with Crippen molar-refractivity contribution in [1.29, 1.82) is 0 Å². The summed E-state index contributed by atoms with van der Waals surface area (Å²) in [5.41, 5.74) is 7.75. The molecule has 0 aliphatic carbocycles. The smallest absolute Gasteiger partial charge is 0.246 e. The lowest BCUT2D eigenvalue weighted by Gasteiger charge is -2.36. The van der Waals surface area contributed by atoms with Gasteiger partial charge in [0, 0.05) is 13.6 Å². The summed E-state index contributed by atoms with van der Waals surface area (Å²) in [5, 5.41) is 0. The highest BCUT2D eigenvalue weighted by Crippen LogP contribution is 2.32. The Morgan fingerprint density at radius 3 is 2.65 bits per heavy atom. The number of carbonyl (C=O) groups is 1. The van der Waals surface area contributed by atoms with Crippen molar-refractivity contribution in [3.8, 4) is 0 Å². The monoisotopic (exact) mass is 233 g/mol. The molecule has 1 unspecified atom stereocenters. The second kappa shape index (κ2) is 4.75. The van der Waals surface area contributed by atoms with Crippen molar-refractivity contribution in [2.75, 3.05) is 36.5 Å². The van der Waals surface area contributed by atoms with Gasteiger partial charge in [0.2, 0.25) is 5.91 Å². The lowest BCUT2D eigenvalue weighted by molar-refractivity contribution is -0.117. The Kier molecular flexibility index (Phi) is 3.33. The number of amides is 1. The Bertz CT molecular complexity index is 419. The molecule has 1 atom stereocenters. The molecule has 0 fully saturated rings. The van der Waals surface area contributed by atoms with E-state index < -0.39 is 0 Å². The first-order valence-electron chi connectivity index (χ1n) is 5.94. The van der Waals surface area contributed by atoms with E-state index in [1.165, 1.54) is 0 Å². The van der Waals surface area contributed by atoms with Crippen LogP contribution in [0.1, 0.15) is 6.92 Å². The van der Waals surface area contributed by atoms with Gasteiger partial charge in [-0.25, -0.2) is 0 Å². The van der Waals surface area contributed by atoms with Gasteiger partial charge in [-0.1, -0.05) is 19.1 Å². The van der Waals surface area contributed by atoms with Gasteiger partial charge in [-0.2, -0.15) is 0 Å². The summed E-state index contributed by atoms with van der Waals surface area (Å²) in [6.07, 6.45) is 0. The molecular formula is C13H19N3O. The van der Waals surface area contributed by atoms with Crippen LogP contribution < -0.4 is 15.5 Å². The molecule has 2 rings (SSSR count). The van der Waals surface area contributed by atoms with Gasteiger partial charge < -0.3 is 15.5 Å². The van der Waals surface area contributed by atoms with Crippen LogP contribution in [0.2, 0.25) is 0 Å². The van der Waals surface area contributed by atoms with Crippen molar-refractivity contribution in [2.45, 2.75) is 6.92 Å². The van der Waals surface area contributed by atoms with Crippen molar-refractivity contribution in [1.82, 2.24) is 0 Å². The first kappa shape index (κ1) is 11.9. The molecule has 0 radical (unpaired) electrons. The summed E-state index contributed by atoms with van der Waals surface area (Å²) < 4.78 is 0. The Balaban J connectivity index is 2.30. The number of benzene rings is 1. The molecule has 0 spiro atoms. The molecule has 1 aliphatic heterocycles. The van der Waals surface area contributed by atoms with E-state index in [0.29, 0.717) is 19.0 Å². The third-order valence-electron chi connectivity index (χ3n) is 3.22. The first-order valence-corrected chi connectivity index (χ1v) is 5.94. The van der Waals surface area contributed by atoms with Gasteiger partial charge in [0.15, 0.2) is 0 Å². The number of rotatable bonds is 3. The van der Waals surface area contributed by atoms with Gasteiger partial charge in [0.05, 0.1) is 17.9 Å². The molecule has 1 heterocycles. The zero-order chi connectivity index (χ0) is 12.4. The van der Waals surface area contributed by atoms with Crippen molar-refractivity contribution < 1.29 is 4.79 Å². The maximum absolute atomic E-state index is 11.9. The predicted octanol–water partition coefficient (Wildman–Crippen LogP) is 1.06. The minimum Gasteiger partial charge on any atom is -0.360 e. The van der Waals surface area contributed by atoms with Crippen molar-refractivity contribution in [3.63, 3.8) is 0 Å². The normalized spacial score (nSPS) is 17.0. The third-order valence-corrected chi connectivity index (χ3v) is 3.22. The van der Waals surface area contributed by atoms with E-state index in [4.69, 9.17) is 5.73 Å². The van der Waals surface area contributed by atoms with Crippen molar-refractivity contribution in [3.05, 3.63) is 24.3 Å². The quantitative estimate of drug-likeness (QED) is 0.849.